The fourth-order valence-electron chi connectivity index (χ4n) is 3.91. The highest BCUT2D eigenvalue weighted by molar-refractivity contribution is 5.33. The van der Waals surface area contributed by atoms with Crippen LogP contribution < -0.4 is 5.32 Å². The van der Waals surface area contributed by atoms with Gasteiger partial charge in [-0.3, -0.25) is 4.98 Å². The van der Waals surface area contributed by atoms with Crippen molar-refractivity contribution < 1.29 is 0 Å². The minimum Gasteiger partial charge on any atom is -0.307 e. The van der Waals surface area contributed by atoms with Crippen molar-refractivity contribution in [2.24, 2.45) is 11.8 Å². The Labute approximate surface area is 124 Å². The minimum absolute atomic E-state index is 0.390. The molecule has 0 aliphatic heterocycles. The molecular weight excluding hydrogens is 244 g/mol. The molecule has 1 aromatic heterocycles. The van der Waals surface area contributed by atoms with Gasteiger partial charge in [-0.15, -0.1) is 0 Å². The number of aryl methyl sites for hydroxylation is 3. The van der Waals surface area contributed by atoms with Crippen molar-refractivity contribution in [3.63, 3.8) is 0 Å². The number of nitrogens with zero attached hydrogens (tertiary/aromatic N) is 1. The number of nitrogens with one attached hydrogen (secondary N) is 1. The van der Waals surface area contributed by atoms with Crippen LogP contribution >= 0.6 is 0 Å². The van der Waals surface area contributed by atoms with Gasteiger partial charge in [0.2, 0.25) is 0 Å². The molecule has 0 amide bonds. The van der Waals surface area contributed by atoms with Gasteiger partial charge in [0.05, 0.1) is 0 Å². The molecule has 1 heterocycles. The van der Waals surface area contributed by atoms with Gasteiger partial charge in [-0.2, -0.15) is 0 Å². The van der Waals surface area contributed by atoms with Crippen molar-refractivity contribution in [2.45, 2.75) is 72.9 Å². The predicted octanol–water partition coefficient (Wildman–Crippen LogP) is 4.48. The highest BCUT2D eigenvalue weighted by atomic mass is 15.0. The fourth-order valence-corrected chi connectivity index (χ4v) is 3.91. The van der Waals surface area contributed by atoms with Crippen LogP contribution in [-0.4, -0.2) is 11.0 Å². The molecule has 0 aromatic carbocycles. The maximum Gasteiger partial charge on any atom is 0.0426 e. The van der Waals surface area contributed by atoms with Gasteiger partial charge in [0.15, 0.2) is 0 Å². The van der Waals surface area contributed by atoms with Crippen molar-refractivity contribution in [1.82, 2.24) is 10.3 Å². The summed E-state index contributed by atoms with van der Waals surface area (Å²) in [6.07, 6.45) is 4.06. The van der Waals surface area contributed by atoms with Gasteiger partial charge in [0.25, 0.3) is 0 Å². The van der Waals surface area contributed by atoms with Gasteiger partial charge in [-0.25, -0.2) is 0 Å². The van der Waals surface area contributed by atoms with Crippen molar-refractivity contribution in [3.05, 3.63) is 28.6 Å². The third-order valence-corrected chi connectivity index (χ3v) is 5.19. The summed E-state index contributed by atoms with van der Waals surface area (Å²) >= 11 is 0. The maximum atomic E-state index is 4.64. The van der Waals surface area contributed by atoms with E-state index in [9.17, 15) is 0 Å². The largest absolute Gasteiger partial charge is 0.307 e. The lowest BCUT2D eigenvalue weighted by Gasteiger charge is -2.37. The summed E-state index contributed by atoms with van der Waals surface area (Å²) in [4.78, 5) is 4.64. The standard InChI is InChI=1S/C18H30N2/c1-11-8-7-9-17(14(11)4)20-16(6)18-12(2)10-13(3)19-15(18)5/h10-11,14,16-17,20H,7-9H2,1-6H3. The average Bonchev–Trinajstić information content (AvgIpc) is 2.33. The summed E-state index contributed by atoms with van der Waals surface area (Å²) in [6.45, 7) is 13.5. The molecule has 0 radical (unpaired) electrons. The zero-order valence-corrected chi connectivity index (χ0v) is 14.0. The van der Waals surface area contributed by atoms with Crippen LogP contribution in [0, 0.1) is 32.6 Å². The van der Waals surface area contributed by atoms with Gasteiger partial charge < -0.3 is 5.32 Å². The predicted molar refractivity (Wildman–Crippen MR) is 86.0 cm³/mol. The fraction of sp³-hybridized carbons (Fsp3) is 0.722. The van der Waals surface area contributed by atoms with Crippen molar-refractivity contribution in [3.8, 4) is 0 Å². The molecule has 2 nitrogen and oxygen atoms in total. The van der Waals surface area contributed by atoms with E-state index in [4.69, 9.17) is 0 Å². The van der Waals surface area contributed by atoms with E-state index in [1.807, 2.05) is 0 Å². The summed E-state index contributed by atoms with van der Waals surface area (Å²) in [5.41, 5.74) is 5.06. The molecule has 20 heavy (non-hydrogen) atoms. The van der Waals surface area contributed by atoms with E-state index in [-0.39, 0.29) is 0 Å². The van der Waals surface area contributed by atoms with E-state index in [1.54, 1.807) is 0 Å². The number of pyridine rings is 1. The molecule has 1 aliphatic carbocycles. The zero-order chi connectivity index (χ0) is 14.9. The van der Waals surface area contributed by atoms with E-state index >= 15 is 0 Å². The van der Waals surface area contributed by atoms with Gasteiger partial charge in [-0.05, 0) is 63.1 Å². The molecule has 1 aliphatic rings. The normalized spacial score (nSPS) is 28.4. The number of rotatable bonds is 3. The van der Waals surface area contributed by atoms with Crippen LogP contribution in [0.4, 0.5) is 0 Å². The van der Waals surface area contributed by atoms with Crippen LogP contribution in [0.5, 0.6) is 0 Å². The first-order chi connectivity index (χ1) is 9.40. The molecule has 1 N–H and O–H groups in total. The van der Waals surface area contributed by atoms with Crippen LogP contribution in [0.1, 0.15) is 68.6 Å². The van der Waals surface area contributed by atoms with Crippen LogP contribution in [-0.2, 0) is 0 Å². The molecule has 0 spiro atoms. The van der Waals surface area contributed by atoms with Gasteiger partial charge in [0.1, 0.15) is 0 Å². The second-order valence-electron chi connectivity index (χ2n) is 6.84. The molecule has 112 valence electrons. The Morgan fingerprint density at radius 2 is 1.90 bits per heavy atom. The van der Waals surface area contributed by atoms with Gasteiger partial charge >= 0.3 is 0 Å². The summed E-state index contributed by atoms with van der Waals surface area (Å²) in [5.74, 6) is 1.61. The molecule has 1 saturated carbocycles. The van der Waals surface area contributed by atoms with Crippen LogP contribution in [0.3, 0.4) is 0 Å². The first-order valence-corrected chi connectivity index (χ1v) is 8.11. The monoisotopic (exact) mass is 274 g/mol. The van der Waals surface area contributed by atoms with E-state index in [2.05, 4.69) is 57.9 Å². The lowest BCUT2D eigenvalue weighted by Crippen LogP contribution is -2.42. The van der Waals surface area contributed by atoms with E-state index < -0.39 is 0 Å². The molecule has 0 bridgehead atoms. The lowest BCUT2D eigenvalue weighted by molar-refractivity contribution is 0.196. The Bertz CT molecular complexity index is 443. The maximum absolute atomic E-state index is 4.64. The summed E-state index contributed by atoms with van der Waals surface area (Å²) in [7, 11) is 0. The molecule has 4 atom stereocenters. The Kier molecular flexibility index (Phi) is 4.85. The number of aromatic nitrogens is 1. The van der Waals surface area contributed by atoms with Crippen molar-refractivity contribution in [2.75, 3.05) is 0 Å². The van der Waals surface area contributed by atoms with Gasteiger partial charge in [0, 0.05) is 23.5 Å². The van der Waals surface area contributed by atoms with Crippen LogP contribution in [0.25, 0.3) is 0 Å². The van der Waals surface area contributed by atoms with Crippen molar-refractivity contribution >= 4 is 0 Å². The van der Waals surface area contributed by atoms with E-state index in [1.165, 1.54) is 36.1 Å². The third-order valence-electron chi connectivity index (χ3n) is 5.19. The summed E-state index contributed by atoms with van der Waals surface area (Å²) in [5, 5.41) is 3.88. The Hall–Kier alpha value is -0.890. The summed E-state index contributed by atoms with van der Waals surface area (Å²) < 4.78 is 0. The Balaban J connectivity index is 2.14. The van der Waals surface area contributed by atoms with Gasteiger partial charge in [-0.1, -0.05) is 26.7 Å². The zero-order valence-electron chi connectivity index (χ0n) is 14.0. The van der Waals surface area contributed by atoms with Crippen LogP contribution in [0.2, 0.25) is 0 Å². The Morgan fingerprint density at radius 1 is 1.20 bits per heavy atom. The molecule has 2 rings (SSSR count). The average molecular weight is 274 g/mol. The second kappa shape index (κ2) is 6.26. The minimum atomic E-state index is 0.390. The van der Waals surface area contributed by atoms with Crippen molar-refractivity contribution in [1.29, 1.82) is 0 Å². The summed E-state index contributed by atoms with van der Waals surface area (Å²) in [6, 6.07) is 3.24. The van der Waals surface area contributed by atoms with E-state index in [0.29, 0.717) is 12.1 Å². The first kappa shape index (κ1) is 15.5. The SMILES string of the molecule is Cc1cc(C)c(C(C)NC2CCCC(C)C2C)c(C)n1. The van der Waals surface area contributed by atoms with Crippen LogP contribution in [0.15, 0.2) is 6.07 Å². The molecule has 1 aromatic rings. The Morgan fingerprint density at radius 3 is 2.55 bits per heavy atom. The molecular formula is C18H30N2. The molecule has 4 unspecified atom stereocenters. The smallest absolute Gasteiger partial charge is 0.0426 e. The quantitative estimate of drug-likeness (QED) is 0.879. The highest BCUT2D eigenvalue weighted by Crippen LogP contribution is 2.31. The van der Waals surface area contributed by atoms with E-state index in [0.717, 1.165) is 17.5 Å². The lowest BCUT2D eigenvalue weighted by atomic mass is 9.77. The third kappa shape index (κ3) is 3.22. The number of hydrogen-bond donors (Lipinski definition) is 1. The molecule has 2 heteroatoms. The second-order valence-corrected chi connectivity index (χ2v) is 6.84. The molecule has 0 saturated heterocycles. The highest BCUT2D eigenvalue weighted by Gasteiger charge is 2.28. The topological polar surface area (TPSA) is 24.9 Å². The first-order valence-electron chi connectivity index (χ1n) is 8.11. The number of hydrogen-bond acceptors (Lipinski definition) is 2. The molecule has 1 fully saturated rings.